The Hall–Kier alpha value is -2.94. The number of carbonyl (C=O) groups is 3. The van der Waals surface area contributed by atoms with Gasteiger partial charge in [-0.2, -0.15) is 0 Å². The number of benzene rings is 2. The second-order valence-electron chi connectivity index (χ2n) is 6.17. The predicted octanol–water partition coefficient (Wildman–Crippen LogP) is 3.68. The van der Waals surface area contributed by atoms with Gasteiger partial charge in [0.25, 0.3) is 11.8 Å². The van der Waals surface area contributed by atoms with E-state index < -0.39 is 23.9 Å². The number of carboxylic acid groups (broad SMARTS) is 1. The fourth-order valence-corrected chi connectivity index (χ4v) is 3.30. The van der Waals surface area contributed by atoms with Gasteiger partial charge in [-0.25, -0.2) is 4.79 Å². The molecule has 0 saturated carbocycles. The predicted molar refractivity (Wildman–Crippen MR) is 117 cm³/mol. The minimum absolute atomic E-state index is 0.101. The molecule has 1 heterocycles. The topological polar surface area (TPSA) is 95.9 Å². The van der Waals surface area contributed by atoms with E-state index in [2.05, 4.69) is 5.32 Å². The summed E-state index contributed by atoms with van der Waals surface area (Å²) in [6.07, 6.45) is 0.171. The van der Waals surface area contributed by atoms with E-state index in [0.29, 0.717) is 5.56 Å². The molecule has 154 valence electrons. The number of amides is 2. The molecular formula is C20H14Cl2N2O5S. The lowest BCUT2D eigenvalue weighted by Gasteiger charge is -2.29. The highest BCUT2D eigenvalue weighted by Gasteiger charge is 2.36. The first kappa shape index (κ1) is 21.8. The molecule has 1 atom stereocenters. The molecule has 3 rings (SSSR count). The Bertz CT molecular complexity index is 1100. The third-order valence-electron chi connectivity index (χ3n) is 4.14. The number of anilines is 1. The average Bonchev–Trinajstić information content (AvgIpc) is 2.69. The van der Waals surface area contributed by atoms with Crippen molar-refractivity contribution in [3.63, 3.8) is 0 Å². The van der Waals surface area contributed by atoms with Crippen LogP contribution in [0.5, 0.6) is 5.75 Å². The Morgan fingerprint density at radius 2 is 1.90 bits per heavy atom. The molecule has 0 aromatic heterocycles. The number of carboxylic acids is 1. The lowest BCUT2D eigenvalue weighted by molar-refractivity contribution is -0.144. The smallest absolute Gasteiger partial charge is 0.344 e. The lowest BCUT2D eigenvalue weighted by Crippen LogP contribution is -2.54. The van der Waals surface area contributed by atoms with Gasteiger partial charge in [0, 0.05) is 5.56 Å². The van der Waals surface area contributed by atoms with Crippen molar-refractivity contribution >= 4 is 70.1 Å². The Morgan fingerprint density at radius 3 is 2.60 bits per heavy atom. The van der Waals surface area contributed by atoms with Gasteiger partial charge in [0.1, 0.15) is 11.3 Å². The number of hydrogen-bond acceptors (Lipinski definition) is 5. The van der Waals surface area contributed by atoms with Crippen LogP contribution in [0.3, 0.4) is 0 Å². The van der Waals surface area contributed by atoms with Gasteiger partial charge in [-0.15, -0.1) is 0 Å². The molecule has 1 aliphatic rings. The van der Waals surface area contributed by atoms with Crippen molar-refractivity contribution in [1.29, 1.82) is 0 Å². The molecule has 2 amide bonds. The molecule has 2 aromatic carbocycles. The monoisotopic (exact) mass is 464 g/mol. The molecule has 0 radical (unpaired) electrons. The number of nitrogens with one attached hydrogen (secondary N) is 1. The minimum atomic E-state index is -1.16. The number of ether oxygens (including phenoxy) is 1. The summed E-state index contributed by atoms with van der Waals surface area (Å²) in [5.41, 5.74) is 0.321. The second-order valence-corrected chi connectivity index (χ2v) is 7.34. The zero-order valence-electron chi connectivity index (χ0n) is 15.4. The molecular weight excluding hydrogens is 451 g/mol. The Labute approximate surface area is 186 Å². The molecule has 0 spiro atoms. The van der Waals surface area contributed by atoms with E-state index in [0.717, 1.165) is 4.90 Å². The van der Waals surface area contributed by atoms with Crippen LogP contribution in [0.4, 0.5) is 5.69 Å². The summed E-state index contributed by atoms with van der Waals surface area (Å²) >= 11 is 17.4. The largest absolute Gasteiger partial charge is 0.479 e. The van der Waals surface area contributed by atoms with E-state index in [-0.39, 0.29) is 32.2 Å². The maximum absolute atomic E-state index is 13.1. The first-order valence-corrected chi connectivity index (χ1v) is 9.71. The summed E-state index contributed by atoms with van der Waals surface area (Å²) in [6.45, 7) is 1.37. The van der Waals surface area contributed by atoms with Crippen molar-refractivity contribution in [2.24, 2.45) is 0 Å². The third-order valence-corrected chi connectivity index (χ3v) is 5.24. The van der Waals surface area contributed by atoms with Crippen LogP contribution in [-0.2, 0) is 14.4 Å². The number of hydrogen-bond donors (Lipinski definition) is 2. The average molecular weight is 465 g/mol. The normalized spacial score (nSPS) is 16.4. The van der Waals surface area contributed by atoms with Crippen molar-refractivity contribution < 1.29 is 24.2 Å². The van der Waals surface area contributed by atoms with Crippen molar-refractivity contribution in [3.05, 3.63) is 63.6 Å². The number of thiocarbonyl (C=S) groups is 1. The van der Waals surface area contributed by atoms with Crippen LogP contribution in [-0.4, -0.2) is 34.1 Å². The number of halogens is 2. The summed E-state index contributed by atoms with van der Waals surface area (Å²) < 4.78 is 5.42. The van der Waals surface area contributed by atoms with Crippen LogP contribution < -0.4 is 15.0 Å². The summed E-state index contributed by atoms with van der Waals surface area (Å²) in [5.74, 6) is -2.38. The van der Waals surface area contributed by atoms with Crippen LogP contribution in [0.1, 0.15) is 12.5 Å². The molecule has 2 aromatic rings. The molecule has 1 aliphatic heterocycles. The fourth-order valence-electron chi connectivity index (χ4n) is 2.64. The van der Waals surface area contributed by atoms with Gasteiger partial charge in [-0.3, -0.25) is 19.8 Å². The zero-order valence-corrected chi connectivity index (χ0v) is 17.7. The first-order valence-electron chi connectivity index (χ1n) is 8.54. The van der Waals surface area contributed by atoms with E-state index >= 15 is 0 Å². The molecule has 7 nitrogen and oxygen atoms in total. The summed E-state index contributed by atoms with van der Waals surface area (Å²) in [6, 6.07) is 11.1. The maximum Gasteiger partial charge on any atom is 0.344 e. The van der Waals surface area contributed by atoms with E-state index in [1.54, 1.807) is 36.4 Å². The van der Waals surface area contributed by atoms with E-state index in [9.17, 15) is 14.4 Å². The molecule has 1 saturated heterocycles. The van der Waals surface area contributed by atoms with Crippen LogP contribution >= 0.6 is 35.4 Å². The number of rotatable bonds is 5. The number of aliphatic carboxylic acids is 1. The molecule has 0 aliphatic carbocycles. The van der Waals surface area contributed by atoms with E-state index in [4.69, 9.17) is 45.3 Å². The van der Waals surface area contributed by atoms with Crippen molar-refractivity contribution in [2.75, 3.05) is 4.90 Å². The summed E-state index contributed by atoms with van der Waals surface area (Å²) in [7, 11) is 0. The molecule has 10 heteroatoms. The second kappa shape index (κ2) is 8.83. The van der Waals surface area contributed by atoms with Crippen LogP contribution in [0.25, 0.3) is 6.08 Å². The Kier molecular flexibility index (Phi) is 6.40. The molecule has 2 N–H and O–H groups in total. The van der Waals surface area contributed by atoms with Gasteiger partial charge in [-0.05, 0) is 43.4 Å². The van der Waals surface area contributed by atoms with Crippen molar-refractivity contribution in [1.82, 2.24) is 5.32 Å². The van der Waals surface area contributed by atoms with Gasteiger partial charge in [0.15, 0.2) is 11.2 Å². The zero-order chi connectivity index (χ0) is 22.0. The summed E-state index contributed by atoms with van der Waals surface area (Å²) in [4.78, 5) is 37.8. The van der Waals surface area contributed by atoms with Crippen LogP contribution in [0.2, 0.25) is 10.0 Å². The minimum Gasteiger partial charge on any atom is -0.479 e. The van der Waals surface area contributed by atoms with Gasteiger partial charge in [0.2, 0.25) is 0 Å². The molecule has 1 fully saturated rings. The van der Waals surface area contributed by atoms with E-state index in [1.165, 1.54) is 19.1 Å². The fraction of sp³-hybridized carbons (Fsp3) is 0.100. The van der Waals surface area contributed by atoms with Crippen LogP contribution in [0.15, 0.2) is 48.0 Å². The number of carbonyl (C=O) groups excluding carboxylic acids is 2. The van der Waals surface area contributed by atoms with Gasteiger partial charge in [0.05, 0.1) is 15.7 Å². The lowest BCUT2D eigenvalue weighted by atomic mass is 10.1. The molecule has 0 unspecified atom stereocenters. The number of para-hydroxylation sites is 1. The SMILES string of the molecule is C[C@@H](Oc1ccccc1/C=C1\C(=O)NC(=S)N(c2cccc(Cl)c2Cl)C1=O)C(=O)O. The first-order chi connectivity index (χ1) is 14.2. The number of nitrogens with zero attached hydrogens (tertiary/aromatic N) is 1. The highest BCUT2D eigenvalue weighted by atomic mass is 35.5. The standard InChI is InChI=1S/C20H14Cl2N2O5S/c1-10(19(27)28)29-15-8-3-2-5-11(15)9-12-17(25)23-20(30)24(18(12)26)14-7-4-6-13(21)16(14)22/h2-10H,1H3,(H,27,28)(H,23,25,30)/b12-9+/t10-/m1/s1. The van der Waals surface area contributed by atoms with Gasteiger partial charge in [-0.1, -0.05) is 47.5 Å². The van der Waals surface area contributed by atoms with Crippen molar-refractivity contribution in [2.45, 2.75) is 13.0 Å². The maximum atomic E-state index is 13.1. The van der Waals surface area contributed by atoms with E-state index in [1.807, 2.05) is 0 Å². The Morgan fingerprint density at radius 1 is 1.20 bits per heavy atom. The van der Waals surface area contributed by atoms with Crippen LogP contribution in [0, 0.1) is 0 Å². The third kappa shape index (κ3) is 4.30. The highest BCUT2D eigenvalue weighted by Crippen LogP contribution is 2.34. The molecule has 0 bridgehead atoms. The summed E-state index contributed by atoms with van der Waals surface area (Å²) in [5, 5.41) is 11.7. The highest BCUT2D eigenvalue weighted by molar-refractivity contribution is 7.80. The van der Waals surface area contributed by atoms with Crippen molar-refractivity contribution in [3.8, 4) is 5.75 Å². The quantitative estimate of drug-likeness (QED) is 0.398. The van der Waals surface area contributed by atoms with Gasteiger partial charge < -0.3 is 9.84 Å². The molecule has 30 heavy (non-hydrogen) atoms. The van der Waals surface area contributed by atoms with Gasteiger partial charge >= 0.3 is 5.97 Å². The Balaban J connectivity index is 2.04.